The summed E-state index contributed by atoms with van der Waals surface area (Å²) in [5, 5.41) is 1.75. The van der Waals surface area contributed by atoms with Crippen LogP contribution in [0.3, 0.4) is 0 Å². The number of amides is 1. The van der Waals surface area contributed by atoms with E-state index >= 15 is 0 Å². The smallest absolute Gasteiger partial charge is 0.246 e. The van der Waals surface area contributed by atoms with Gasteiger partial charge in [0.2, 0.25) is 11.8 Å². The van der Waals surface area contributed by atoms with Crippen LogP contribution in [-0.2, 0) is 17.9 Å². The molecule has 0 bridgehead atoms. The maximum Gasteiger partial charge on any atom is 0.246 e. The highest BCUT2D eigenvalue weighted by Gasteiger charge is 2.20. The van der Waals surface area contributed by atoms with Gasteiger partial charge in [-0.1, -0.05) is 65.1 Å². The Balaban J connectivity index is 0.00000486. The minimum Gasteiger partial charge on any atom is -0.487 e. The summed E-state index contributed by atoms with van der Waals surface area (Å²) in [6, 6.07) is 30.1. The SMILES string of the molecule is Cc1cc(/C=C/C(=O)N2CCN(Cc3ccc(Oc4ccc(Cl)cc4)cc3)CC2)cc(Cl)c1Oc1ccc(OCc2ccccc2Cl)cn1.Cl. The lowest BCUT2D eigenvalue weighted by Crippen LogP contribution is -2.47. The first-order valence-electron chi connectivity index (χ1n) is 15.8. The van der Waals surface area contributed by atoms with E-state index in [1.165, 1.54) is 5.56 Å². The standard InChI is InChI=1S/C39H34Cl3N3O4.ClH/c1-27-22-29(23-36(42)39(27)49-37-16-15-34(24-43-37)47-26-30-4-2-3-5-35(30)41)8-17-38(46)45-20-18-44(19-21-45)25-28-6-11-32(12-7-28)48-33-13-9-31(40)10-14-33;/h2-17,22-24H,18-21,25-26H2,1H3;1H/b17-8+;. The number of aryl methyl sites for hydroxylation is 1. The molecule has 0 N–H and O–H groups in total. The van der Waals surface area contributed by atoms with Gasteiger partial charge in [-0.3, -0.25) is 9.69 Å². The third-order valence-corrected chi connectivity index (χ3v) is 8.90. The van der Waals surface area contributed by atoms with E-state index in [1.807, 2.05) is 66.4 Å². The molecule has 0 aliphatic carbocycles. The molecule has 1 aliphatic heterocycles. The minimum absolute atomic E-state index is 0. The first-order chi connectivity index (χ1) is 23.8. The van der Waals surface area contributed by atoms with Crippen molar-refractivity contribution in [3.8, 4) is 28.9 Å². The molecule has 0 unspecified atom stereocenters. The molecular formula is C39H35Cl4N3O4. The van der Waals surface area contributed by atoms with Crippen molar-refractivity contribution in [3.63, 3.8) is 0 Å². The number of halogens is 4. The lowest BCUT2D eigenvalue weighted by atomic mass is 10.1. The monoisotopic (exact) mass is 749 g/mol. The van der Waals surface area contributed by atoms with E-state index in [2.05, 4.69) is 22.0 Å². The van der Waals surface area contributed by atoms with Gasteiger partial charge < -0.3 is 19.1 Å². The van der Waals surface area contributed by atoms with Gasteiger partial charge in [0, 0.05) is 60.5 Å². The van der Waals surface area contributed by atoms with Crippen molar-refractivity contribution in [1.82, 2.24) is 14.8 Å². The van der Waals surface area contributed by atoms with Crippen LogP contribution in [0.25, 0.3) is 6.08 Å². The van der Waals surface area contributed by atoms with Gasteiger partial charge in [0.25, 0.3) is 0 Å². The second kappa shape index (κ2) is 17.6. The summed E-state index contributed by atoms with van der Waals surface area (Å²) in [5.41, 5.74) is 3.70. The number of carbonyl (C=O) groups is 1. The van der Waals surface area contributed by atoms with E-state index in [9.17, 15) is 4.79 Å². The normalized spacial score (nSPS) is 13.2. The van der Waals surface area contributed by atoms with E-state index in [4.69, 9.17) is 49.0 Å². The van der Waals surface area contributed by atoms with Crippen LogP contribution in [0, 0.1) is 6.92 Å². The molecule has 1 fully saturated rings. The molecule has 1 aromatic heterocycles. The van der Waals surface area contributed by atoms with Crippen LogP contribution in [0.4, 0.5) is 0 Å². The third-order valence-electron chi connectivity index (χ3n) is 8.00. The number of benzene rings is 4. The molecule has 1 saturated heterocycles. The highest BCUT2D eigenvalue weighted by Crippen LogP contribution is 2.34. The number of hydrogen-bond acceptors (Lipinski definition) is 6. The first kappa shape index (κ1) is 37.0. The lowest BCUT2D eigenvalue weighted by Gasteiger charge is -2.34. The number of piperazine rings is 1. The Labute approximate surface area is 313 Å². The van der Waals surface area contributed by atoms with Crippen LogP contribution in [0.2, 0.25) is 15.1 Å². The van der Waals surface area contributed by atoms with Gasteiger partial charge in [-0.05, 0) is 90.4 Å². The predicted octanol–water partition coefficient (Wildman–Crippen LogP) is 10.3. The molecule has 0 atom stereocenters. The van der Waals surface area contributed by atoms with Crippen LogP contribution in [0.5, 0.6) is 28.9 Å². The van der Waals surface area contributed by atoms with Gasteiger partial charge >= 0.3 is 0 Å². The van der Waals surface area contributed by atoms with Crippen LogP contribution in [0.15, 0.2) is 109 Å². The first-order valence-corrected chi connectivity index (χ1v) is 16.9. The summed E-state index contributed by atoms with van der Waals surface area (Å²) in [7, 11) is 0. The molecule has 258 valence electrons. The van der Waals surface area contributed by atoms with Gasteiger partial charge in [0.1, 0.15) is 23.9 Å². The molecule has 2 heterocycles. The second-order valence-corrected chi connectivity index (χ2v) is 12.8. The molecule has 1 aliphatic rings. The summed E-state index contributed by atoms with van der Waals surface area (Å²) in [4.78, 5) is 21.6. The number of carbonyl (C=O) groups excluding carboxylic acids is 1. The number of rotatable bonds is 11. The lowest BCUT2D eigenvalue weighted by molar-refractivity contribution is -0.127. The fraction of sp³-hybridized carbons (Fsp3) is 0.179. The number of aromatic nitrogens is 1. The summed E-state index contributed by atoms with van der Waals surface area (Å²) >= 11 is 18.8. The van der Waals surface area contributed by atoms with Crippen molar-refractivity contribution in [1.29, 1.82) is 0 Å². The van der Waals surface area contributed by atoms with Gasteiger partial charge in [-0.2, -0.15) is 0 Å². The topological polar surface area (TPSA) is 64.1 Å². The average molecular weight is 752 g/mol. The highest BCUT2D eigenvalue weighted by atomic mass is 35.5. The van der Waals surface area contributed by atoms with Crippen molar-refractivity contribution in [2.45, 2.75) is 20.1 Å². The zero-order valence-corrected chi connectivity index (χ0v) is 30.3. The summed E-state index contributed by atoms with van der Waals surface area (Å²) in [6.45, 7) is 5.95. The molecule has 1 amide bonds. The molecule has 0 radical (unpaired) electrons. The molecule has 11 heteroatoms. The fourth-order valence-corrected chi connectivity index (χ4v) is 5.97. The van der Waals surface area contributed by atoms with E-state index in [1.54, 1.807) is 48.7 Å². The van der Waals surface area contributed by atoms with Crippen molar-refractivity contribution < 1.29 is 19.0 Å². The zero-order chi connectivity index (χ0) is 34.2. The van der Waals surface area contributed by atoms with Gasteiger partial charge in [-0.15, -0.1) is 12.4 Å². The van der Waals surface area contributed by atoms with Gasteiger partial charge in [-0.25, -0.2) is 4.98 Å². The average Bonchev–Trinajstić information content (AvgIpc) is 3.11. The number of nitrogens with zero attached hydrogens (tertiary/aromatic N) is 3. The van der Waals surface area contributed by atoms with Crippen molar-refractivity contribution >= 4 is 59.2 Å². The molecule has 0 spiro atoms. The predicted molar refractivity (Wildman–Crippen MR) is 202 cm³/mol. The Bertz CT molecular complexity index is 1890. The molecule has 0 saturated carbocycles. The summed E-state index contributed by atoms with van der Waals surface area (Å²) in [5.74, 6) is 2.96. The molecular weight excluding hydrogens is 716 g/mol. The summed E-state index contributed by atoms with van der Waals surface area (Å²) < 4.78 is 17.7. The van der Waals surface area contributed by atoms with E-state index in [0.717, 1.165) is 47.8 Å². The Kier molecular flexibility index (Phi) is 13.0. The van der Waals surface area contributed by atoms with Crippen molar-refractivity contribution in [2.24, 2.45) is 0 Å². The fourth-order valence-electron chi connectivity index (χ4n) is 5.34. The molecule has 5 aromatic rings. The van der Waals surface area contributed by atoms with Crippen molar-refractivity contribution in [2.75, 3.05) is 26.2 Å². The Morgan fingerprint density at radius 2 is 1.48 bits per heavy atom. The highest BCUT2D eigenvalue weighted by molar-refractivity contribution is 6.32. The number of ether oxygens (including phenoxy) is 3. The van der Waals surface area contributed by atoms with E-state index < -0.39 is 0 Å². The quantitative estimate of drug-likeness (QED) is 0.125. The molecule has 50 heavy (non-hydrogen) atoms. The number of pyridine rings is 1. The van der Waals surface area contributed by atoms with Gasteiger partial charge in [0.15, 0.2) is 5.75 Å². The van der Waals surface area contributed by atoms with Crippen LogP contribution in [-0.4, -0.2) is 46.9 Å². The van der Waals surface area contributed by atoms with Crippen molar-refractivity contribution in [3.05, 3.63) is 147 Å². The maximum atomic E-state index is 13.0. The largest absolute Gasteiger partial charge is 0.487 e. The van der Waals surface area contributed by atoms with E-state index in [0.29, 0.717) is 52.1 Å². The third kappa shape index (κ3) is 10.2. The maximum absolute atomic E-state index is 13.0. The van der Waals surface area contributed by atoms with Crippen LogP contribution < -0.4 is 14.2 Å². The van der Waals surface area contributed by atoms with Gasteiger partial charge in [0.05, 0.1) is 11.2 Å². The summed E-state index contributed by atoms with van der Waals surface area (Å²) in [6.07, 6.45) is 4.98. The molecule has 7 nitrogen and oxygen atoms in total. The molecule has 4 aromatic carbocycles. The van der Waals surface area contributed by atoms with Crippen LogP contribution >= 0.6 is 47.2 Å². The number of hydrogen-bond donors (Lipinski definition) is 0. The van der Waals surface area contributed by atoms with Crippen LogP contribution in [0.1, 0.15) is 22.3 Å². The Morgan fingerprint density at radius 3 is 2.14 bits per heavy atom. The second-order valence-electron chi connectivity index (χ2n) is 11.6. The van der Waals surface area contributed by atoms with E-state index in [-0.39, 0.29) is 18.3 Å². The zero-order valence-electron chi connectivity index (χ0n) is 27.2. The molecule has 6 rings (SSSR count). The Hall–Kier alpha value is -4.24. The Morgan fingerprint density at radius 1 is 0.800 bits per heavy atom. The minimum atomic E-state index is -0.0292.